The number of esters is 1. The highest BCUT2D eigenvalue weighted by atomic mass is 16.6. The number of aliphatic hydroxyl groups excluding tert-OH is 1. The van der Waals surface area contributed by atoms with Crippen LogP contribution in [0, 0.1) is 0 Å². The number of aliphatic carboxylic acids is 1. The van der Waals surface area contributed by atoms with E-state index in [-0.39, 0.29) is 58.0 Å². The van der Waals surface area contributed by atoms with Crippen LogP contribution in [-0.4, -0.2) is 94.7 Å². The molecule has 0 aliphatic rings. The molecule has 0 fully saturated rings. The topological polar surface area (TPSA) is 275 Å². The van der Waals surface area contributed by atoms with Gasteiger partial charge in [-0.25, -0.2) is 24.0 Å². The molecule has 0 spiro atoms. The second-order valence-corrected chi connectivity index (χ2v) is 23.1. The van der Waals surface area contributed by atoms with E-state index in [1.165, 1.54) is 0 Å². The van der Waals surface area contributed by atoms with E-state index in [0.29, 0.717) is 44.7 Å². The summed E-state index contributed by atoms with van der Waals surface area (Å²) >= 11 is 0. The third-order valence-corrected chi connectivity index (χ3v) is 14.5. The first-order valence-corrected chi connectivity index (χ1v) is 30.7. The molecule has 0 unspecified atom stereocenters. The minimum atomic E-state index is -1.62. The molecule has 5 amide bonds. The Morgan fingerprint density at radius 2 is 0.787 bits per heavy atom. The zero-order valence-corrected chi connectivity index (χ0v) is 52.4. The summed E-state index contributed by atoms with van der Waals surface area (Å²) in [6.45, 7) is 4.34. The Hall–Kier alpha value is -11.0. The number of hydrogen-bond donors (Lipinski definition) is 7. The lowest BCUT2D eigenvalue weighted by Crippen LogP contribution is -2.57. The molecule has 8 aromatic rings. The molecular weight excluding hydrogens is 1200 g/mol. The predicted octanol–water partition coefficient (Wildman–Crippen LogP) is 10.5. The van der Waals surface area contributed by atoms with E-state index in [9.17, 15) is 34.2 Å². The minimum Gasteiger partial charge on any atom is -0.489 e. The lowest BCUT2D eigenvalue weighted by atomic mass is 9.95. The molecule has 0 radical (unpaired) electrons. The van der Waals surface area contributed by atoms with E-state index in [0.717, 1.165) is 16.7 Å². The van der Waals surface area contributed by atoms with Gasteiger partial charge in [-0.3, -0.25) is 9.59 Å². The van der Waals surface area contributed by atoms with Crippen LogP contribution in [0.1, 0.15) is 71.7 Å². The van der Waals surface area contributed by atoms with Gasteiger partial charge < -0.3 is 65.2 Å². The van der Waals surface area contributed by atoms with E-state index in [1.54, 1.807) is 160 Å². The Kier molecular flexibility index (Phi) is 25.7. The third kappa shape index (κ3) is 23.0. The SMILES string of the molecule is CC(C)(C)OC(=O)N[C@@H](C[C@@H](O)CNC(=O)OCc1ccccc1)C(=O)N[C@@H](Cc1cc(-c2ccc(OCc3ccccc3)c(C[C@H](NC(=O)OCc3ccccc3)C(=O)O)c2)ccc1OCc1ccccc1)C(=O)N[C@@H](Cc1ccccc1)C(=O)OCc1ccccc1. The van der Waals surface area contributed by atoms with Crippen LogP contribution in [0.5, 0.6) is 11.5 Å². The average molecular weight is 1280 g/mol. The number of carboxylic acids is 1. The van der Waals surface area contributed by atoms with Crippen molar-refractivity contribution in [1.82, 2.24) is 26.6 Å². The molecule has 5 atom stereocenters. The van der Waals surface area contributed by atoms with Gasteiger partial charge in [0.25, 0.3) is 0 Å². The van der Waals surface area contributed by atoms with E-state index in [4.69, 9.17) is 28.4 Å². The number of benzene rings is 8. The van der Waals surface area contributed by atoms with Gasteiger partial charge in [0, 0.05) is 32.2 Å². The number of ether oxygens (including phenoxy) is 6. The summed E-state index contributed by atoms with van der Waals surface area (Å²) < 4.78 is 35.0. The molecule has 0 saturated carbocycles. The first-order chi connectivity index (χ1) is 45.4. The summed E-state index contributed by atoms with van der Waals surface area (Å²) in [4.78, 5) is 97.3. The zero-order chi connectivity index (χ0) is 66.7. The smallest absolute Gasteiger partial charge is 0.408 e. The van der Waals surface area contributed by atoms with Gasteiger partial charge in [0.05, 0.1) is 6.10 Å². The van der Waals surface area contributed by atoms with Gasteiger partial charge in [-0.05, 0) is 101 Å². The van der Waals surface area contributed by atoms with Crippen molar-refractivity contribution in [2.75, 3.05) is 6.54 Å². The fourth-order valence-electron chi connectivity index (χ4n) is 9.77. The summed E-state index contributed by atoms with van der Waals surface area (Å²) in [7, 11) is 0. The largest absolute Gasteiger partial charge is 0.489 e. The first-order valence-electron chi connectivity index (χ1n) is 30.7. The summed E-state index contributed by atoms with van der Waals surface area (Å²) in [5, 5.41) is 35.2. The monoisotopic (exact) mass is 1280 g/mol. The fourth-order valence-corrected chi connectivity index (χ4v) is 9.77. The number of aliphatic hydroxyl groups is 1. The molecule has 0 aliphatic heterocycles. The van der Waals surface area contributed by atoms with Crippen molar-refractivity contribution >= 4 is 42.0 Å². The van der Waals surface area contributed by atoms with Crippen LogP contribution in [-0.2, 0) is 90.4 Å². The lowest BCUT2D eigenvalue weighted by molar-refractivity contribution is -0.149. The van der Waals surface area contributed by atoms with Gasteiger partial charge in [0.15, 0.2) is 0 Å². The highest BCUT2D eigenvalue weighted by Crippen LogP contribution is 2.33. The highest BCUT2D eigenvalue weighted by molar-refractivity contribution is 5.93. The summed E-state index contributed by atoms with van der Waals surface area (Å²) in [6, 6.07) is 58.8. The molecule has 488 valence electrons. The molecule has 8 rings (SSSR count). The summed E-state index contributed by atoms with van der Waals surface area (Å²) in [5.74, 6) is -3.34. The molecule has 20 nitrogen and oxygen atoms in total. The third-order valence-electron chi connectivity index (χ3n) is 14.5. The van der Waals surface area contributed by atoms with Gasteiger partial charge in [0.1, 0.15) is 74.3 Å². The van der Waals surface area contributed by atoms with Crippen LogP contribution >= 0.6 is 0 Å². The minimum absolute atomic E-state index is 0.0297. The van der Waals surface area contributed by atoms with Gasteiger partial charge in [-0.15, -0.1) is 0 Å². The fraction of sp³-hybridized carbons (Fsp3) is 0.257. The van der Waals surface area contributed by atoms with Crippen molar-refractivity contribution in [2.45, 2.75) is 115 Å². The Labute approximate surface area is 545 Å². The second kappa shape index (κ2) is 35.0. The van der Waals surface area contributed by atoms with Crippen molar-refractivity contribution in [1.29, 1.82) is 0 Å². The maximum Gasteiger partial charge on any atom is 0.408 e. The van der Waals surface area contributed by atoms with E-state index < -0.39 is 90.9 Å². The van der Waals surface area contributed by atoms with Gasteiger partial charge >= 0.3 is 30.2 Å². The molecule has 7 N–H and O–H groups in total. The van der Waals surface area contributed by atoms with Crippen LogP contribution in [0.4, 0.5) is 14.4 Å². The number of carboxylic acid groups (broad SMARTS) is 1. The standard InChI is InChI=1S/C74H77N5O15/c1-74(2,3)94-73(88)78-62(43-60(80)44-75-71(86)92-48-54-30-18-8-19-31-54)68(82)76-61(67(81)77-64(38-50-22-10-4-11-23-50)70(85)91-47-53-28-16-7-17-29-53)41-58-39-56(34-36-65(58)89-45-51-24-12-5-13-25-51)57-35-37-66(90-46-52-26-14-6-15-27-52)59(40-57)42-63(69(83)84)79-72(87)93-49-55-32-20-9-21-33-55/h4-37,39-40,60-64,80H,38,41-49H2,1-3H3,(H,75,86)(H,76,82)(H,77,81)(H,78,88)(H,79,87)(H,83,84)/t60-,61+,62+,63+,64+/m1/s1. The molecular formula is C74H77N5O15. The van der Waals surface area contributed by atoms with Crippen LogP contribution in [0.2, 0.25) is 0 Å². The number of hydrogen-bond acceptors (Lipinski definition) is 14. The van der Waals surface area contributed by atoms with Gasteiger partial charge in [-0.1, -0.05) is 194 Å². The Morgan fingerprint density at radius 1 is 0.404 bits per heavy atom. The van der Waals surface area contributed by atoms with Crippen molar-refractivity contribution in [3.05, 3.63) is 263 Å². The van der Waals surface area contributed by atoms with Crippen molar-refractivity contribution in [3.63, 3.8) is 0 Å². The molecule has 20 heteroatoms. The molecule has 94 heavy (non-hydrogen) atoms. The molecule has 0 bridgehead atoms. The van der Waals surface area contributed by atoms with E-state index >= 15 is 9.59 Å². The quantitative estimate of drug-likeness (QED) is 0.0157. The Bertz CT molecular complexity index is 3750. The Balaban J connectivity index is 1.16. The van der Waals surface area contributed by atoms with Crippen molar-refractivity contribution < 1.29 is 72.2 Å². The molecule has 0 heterocycles. The van der Waals surface area contributed by atoms with E-state index in [1.807, 2.05) is 78.9 Å². The summed E-state index contributed by atoms with van der Waals surface area (Å²) in [5.41, 5.74) is 5.19. The van der Waals surface area contributed by atoms with Crippen LogP contribution in [0.25, 0.3) is 11.1 Å². The van der Waals surface area contributed by atoms with Crippen LogP contribution in [0.3, 0.4) is 0 Å². The Morgan fingerprint density at radius 3 is 1.23 bits per heavy atom. The molecule has 0 aliphatic carbocycles. The number of nitrogens with one attached hydrogen (secondary N) is 5. The van der Waals surface area contributed by atoms with E-state index in [2.05, 4.69) is 26.6 Å². The normalized spacial score (nSPS) is 12.6. The number of rotatable bonds is 31. The van der Waals surface area contributed by atoms with Crippen LogP contribution < -0.4 is 36.1 Å². The van der Waals surface area contributed by atoms with Crippen molar-refractivity contribution in [2.24, 2.45) is 0 Å². The van der Waals surface area contributed by atoms with Crippen molar-refractivity contribution in [3.8, 4) is 22.6 Å². The van der Waals surface area contributed by atoms with Gasteiger partial charge in [-0.2, -0.15) is 0 Å². The number of carbonyl (C=O) groups is 7. The zero-order valence-electron chi connectivity index (χ0n) is 52.4. The predicted molar refractivity (Wildman–Crippen MR) is 351 cm³/mol. The second-order valence-electron chi connectivity index (χ2n) is 23.1. The average Bonchev–Trinajstić information content (AvgIpc) is 0.833. The number of alkyl carbamates (subject to hydrolysis) is 3. The molecule has 0 aromatic heterocycles. The highest BCUT2D eigenvalue weighted by Gasteiger charge is 2.34. The van der Waals surface area contributed by atoms with Crippen LogP contribution in [0.15, 0.2) is 218 Å². The molecule has 8 aromatic carbocycles. The lowest BCUT2D eigenvalue weighted by Gasteiger charge is -2.28. The summed E-state index contributed by atoms with van der Waals surface area (Å²) in [6.07, 6.45) is -5.47. The number of amides is 5. The van der Waals surface area contributed by atoms with Gasteiger partial charge in [0.2, 0.25) is 11.8 Å². The number of carbonyl (C=O) groups excluding carboxylic acids is 6. The molecule has 0 saturated heterocycles. The maximum atomic E-state index is 15.4. The first kappa shape index (κ1) is 68.9. The maximum absolute atomic E-state index is 15.4.